The Morgan fingerprint density at radius 3 is 2.06 bits per heavy atom. The number of hydrogen-bond acceptors (Lipinski definition) is 4. The van der Waals surface area contributed by atoms with Crippen LogP contribution in [-0.4, -0.2) is 24.3 Å². The Hall–Kier alpha value is -1.63. The molecule has 1 heterocycles. The Morgan fingerprint density at radius 1 is 0.938 bits per heavy atom. The normalized spacial score (nSPS) is 12.6. The van der Waals surface area contributed by atoms with Gasteiger partial charge in [0.1, 0.15) is 10.6 Å². The lowest BCUT2D eigenvalue weighted by Crippen LogP contribution is -1.97. The van der Waals surface area contributed by atoms with Crippen LogP contribution in [0.3, 0.4) is 0 Å². The highest BCUT2D eigenvalue weighted by atomic mass is 32.3. The third-order valence-electron chi connectivity index (χ3n) is 2.16. The van der Waals surface area contributed by atoms with E-state index >= 15 is 0 Å². The van der Waals surface area contributed by atoms with Crippen molar-refractivity contribution >= 4 is 10.6 Å². The smallest absolute Gasteiger partial charge is 0.156 e. The van der Waals surface area contributed by atoms with E-state index < -0.39 is 10.6 Å². The first-order chi connectivity index (χ1) is 7.51. The maximum atomic E-state index is 10.00. The molecule has 2 aromatic rings. The average molecular weight is 241 g/mol. The van der Waals surface area contributed by atoms with Crippen LogP contribution in [0.1, 0.15) is 0 Å². The van der Waals surface area contributed by atoms with E-state index in [0.717, 1.165) is 0 Å². The quantitative estimate of drug-likeness (QED) is 0.558. The number of hydrogen-bond donors (Lipinski definition) is 5. The summed E-state index contributed by atoms with van der Waals surface area (Å²) in [6.45, 7) is 0. The molecule has 0 fully saturated rings. The molecular weight excluding hydrogens is 230 g/mol. The second-order valence-corrected chi connectivity index (χ2v) is 5.26. The number of aromatic hydroxyl groups is 2. The molecule has 0 unspecified atom stereocenters. The fourth-order valence-corrected chi connectivity index (χ4v) is 2.68. The molecule has 6 heteroatoms. The van der Waals surface area contributed by atoms with Crippen LogP contribution < -0.4 is 0 Å². The van der Waals surface area contributed by atoms with Crippen molar-refractivity contribution in [2.45, 2.75) is 9.79 Å². The molecule has 0 saturated heterocycles. The Bertz CT molecular complexity index is 492. The van der Waals surface area contributed by atoms with Crippen molar-refractivity contribution in [3.05, 3.63) is 36.7 Å². The molecule has 86 valence electrons. The van der Waals surface area contributed by atoms with E-state index in [-0.39, 0.29) is 21.3 Å². The second-order valence-electron chi connectivity index (χ2n) is 3.25. The maximum absolute atomic E-state index is 10.00. The summed E-state index contributed by atoms with van der Waals surface area (Å²) in [7, 11) is -3.24. The van der Waals surface area contributed by atoms with Gasteiger partial charge in [-0.25, -0.2) is 0 Å². The van der Waals surface area contributed by atoms with Crippen molar-refractivity contribution in [3.8, 4) is 11.5 Å². The maximum Gasteiger partial charge on any atom is 0.156 e. The van der Waals surface area contributed by atoms with Gasteiger partial charge in [-0.3, -0.25) is 9.11 Å². The zero-order valence-corrected chi connectivity index (χ0v) is 8.98. The van der Waals surface area contributed by atoms with Crippen molar-refractivity contribution < 1.29 is 19.3 Å². The van der Waals surface area contributed by atoms with E-state index in [1.165, 1.54) is 36.7 Å². The minimum atomic E-state index is -3.24. The van der Waals surface area contributed by atoms with Gasteiger partial charge >= 0.3 is 0 Å². The second kappa shape index (κ2) is 3.75. The summed E-state index contributed by atoms with van der Waals surface area (Å²) >= 11 is 0. The molecule has 0 radical (unpaired) electrons. The average Bonchev–Trinajstić information content (AvgIpc) is 2.66. The summed E-state index contributed by atoms with van der Waals surface area (Å²) in [6.07, 6.45) is 2.60. The van der Waals surface area contributed by atoms with E-state index in [1.54, 1.807) is 0 Å². The summed E-state index contributed by atoms with van der Waals surface area (Å²) in [5.74, 6) is -0.162. The standard InChI is InChI=1S/C10H11NO4S/c12-7-1-3-8(4-2-7)16(14,15)10-6-11-5-9(10)13/h1-6,11-15H. The van der Waals surface area contributed by atoms with Crippen LogP contribution in [0, 0.1) is 0 Å². The van der Waals surface area contributed by atoms with Gasteiger partial charge in [0.05, 0.1) is 4.90 Å². The zero-order valence-electron chi connectivity index (χ0n) is 8.16. The van der Waals surface area contributed by atoms with Gasteiger partial charge in [0, 0.05) is 12.4 Å². The molecule has 1 aromatic carbocycles. The number of phenolic OH excluding ortho intramolecular Hbond substituents is 1. The van der Waals surface area contributed by atoms with Gasteiger partial charge in [-0.05, 0) is 24.3 Å². The lowest BCUT2D eigenvalue weighted by atomic mass is 10.3. The first-order valence-electron chi connectivity index (χ1n) is 4.45. The topological polar surface area (TPSA) is 96.7 Å². The first kappa shape index (κ1) is 10.9. The third-order valence-corrected chi connectivity index (χ3v) is 4.03. The van der Waals surface area contributed by atoms with Crippen LogP contribution in [0.4, 0.5) is 0 Å². The number of rotatable bonds is 2. The van der Waals surface area contributed by atoms with Crippen LogP contribution in [-0.2, 0) is 0 Å². The molecule has 1 aromatic heterocycles. The van der Waals surface area contributed by atoms with Crippen LogP contribution in [0.5, 0.6) is 11.5 Å². The number of phenols is 1. The number of benzene rings is 1. The molecule has 0 amide bonds. The van der Waals surface area contributed by atoms with Gasteiger partial charge in [-0.15, -0.1) is 10.6 Å². The summed E-state index contributed by atoms with van der Waals surface area (Å²) in [6, 6.07) is 5.51. The van der Waals surface area contributed by atoms with Crippen LogP contribution in [0.2, 0.25) is 0 Å². The van der Waals surface area contributed by atoms with Crippen molar-refractivity contribution in [2.75, 3.05) is 0 Å². The predicted molar refractivity (Wildman–Crippen MR) is 59.9 cm³/mol. The molecule has 0 aliphatic rings. The number of H-pyrrole nitrogens is 1. The number of nitrogens with one attached hydrogen (secondary N) is 1. The molecule has 0 atom stereocenters. The Kier molecular flexibility index (Phi) is 2.55. The zero-order chi connectivity index (χ0) is 11.8. The highest BCUT2D eigenvalue weighted by Gasteiger charge is 2.22. The van der Waals surface area contributed by atoms with Gasteiger partial charge in [0.25, 0.3) is 0 Å². The molecule has 0 aliphatic carbocycles. The summed E-state index contributed by atoms with van der Waals surface area (Å²) in [5, 5.41) is 18.5. The highest BCUT2D eigenvalue weighted by molar-refractivity contribution is 8.24. The highest BCUT2D eigenvalue weighted by Crippen LogP contribution is 2.58. The molecule has 0 spiro atoms. The van der Waals surface area contributed by atoms with E-state index in [9.17, 15) is 14.2 Å². The molecule has 5 N–H and O–H groups in total. The lowest BCUT2D eigenvalue weighted by Gasteiger charge is -2.31. The SMILES string of the molecule is Oc1ccc(S(O)(O)c2c[nH]cc2O)cc1. The van der Waals surface area contributed by atoms with Crippen LogP contribution in [0.25, 0.3) is 0 Å². The summed E-state index contributed by atoms with van der Waals surface area (Å²) < 4.78 is 20.0. The molecule has 16 heavy (non-hydrogen) atoms. The number of aromatic amines is 1. The van der Waals surface area contributed by atoms with Crippen LogP contribution >= 0.6 is 10.6 Å². The molecule has 2 rings (SSSR count). The molecule has 0 bridgehead atoms. The summed E-state index contributed by atoms with van der Waals surface area (Å²) in [5.41, 5.74) is 0. The molecular formula is C10H11NO4S. The van der Waals surface area contributed by atoms with Crippen molar-refractivity contribution in [3.63, 3.8) is 0 Å². The van der Waals surface area contributed by atoms with Crippen molar-refractivity contribution in [2.24, 2.45) is 0 Å². The first-order valence-corrected chi connectivity index (χ1v) is 5.99. The van der Waals surface area contributed by atoms with Crippen LogP contribution in [0.15, 0.2) is 46.5 Å². The minimum Gasteiger partial charge on any atom is -0.508 e. The molecule has 5 nitrogen and oxygen atoms in total. The van der Waals surface area contributed by atoms with Gasteiger partial charge in [0.2, 0.25) is 0 Å². The van der Waals surface area contributed by atoms with E-state index in [2.05, 4.69) is 4.98 Å². The van der Waals surface area contributed by atoms with E-state index in [0.29, 0.717) is 0 Å². The summed E-state index contributed by atoms with van der Waals surface area (Å²) in [4.78, 5) is 2.86. The van der Waals surface area contributed by atoms with Crippen molar-refractivity contribution in [1.29, 1.82) is 0 Å². The minimum absolute atomic E-state index is 0.0391. The third kappa shape index (κ3) is 1.73. The lowest BCUT2D eigenvalue weighted by molar-refractivity contribution is 0.445. The Labute approximate surface area is 93.4 Å². The predicted octanol–water partition coefficient (Wildman–Crippen LogP) is 2.59. The largest absolute Gasteiger partial charge is 0.508 e. The Balaban J connectivity index is 2.46. The van der Waals surface area contributed by atoms with Gasteiger partial charge in [-0.2, -0.15) is 0 Å². The Morgan fingerprint density at radius 2 is 1.56 bits per heavy atom. The van der Waals surface area contributed by atoms with Gasteiger partial charge in [0.15, 0.2) is 5.75 Å². The van der Waals surface area contributed by atoms with Gasteiger partial charge < -0.3 is 15.2 Å². The van der Waals surface area contributed by atoms with E-state index in [4.69, 9.17) is 5.11 Å². The molecule has 0 saturated carbocycles. The number of aromatic nitrogens is 1. The van der Waals surface area contributed by atoms with Gasteiger partial charge in [-0.1, -0.05) is 0 Å². The monoisotopic (exact) mass is 241 g/mol. The van der Waals surface area contributed by atoms with Crippen molar-refractivity contribution in [1.82, 2.24) is 4.98 Å². The fourth-order valence-electron chi connectivity index (χ4n) is 1.33. The fraction of sp³-hybridized carbons (Fsp3) is 0. The molecule has 0 aliphatic heterocycles. The van der Waals surface area contributed by atoms with E-state index in [1.807, 2.05) is 0 Å².